The Morgan fingerprint density at radius 1 is 1.19 bits per heavy atom. The van der Waals surface area contributed by atoms with Crippen molar-refractivity contribution < 1.29 is 9.32 Å². The predicted molar refractivity (Wildman–Crippen MR) is 98.8 cm³/mol. The second kappa shape index (κ2) is 7.00. The summed E-state index contributed by atoms with van der Waals surface area (Å²) in [6.07, 6.45) is 1.47. The Morgan fingerprint density at radius 3 is 2.81 bits per heavy atom. The van der Waals surface area contributed by atoms with E-state index >= 15 is 0 Å². The lowest BCUT2D eigenvalue weighted by Gasteiger charge is -2.08. The smallest absolute Gasteiger partial charge is 0.261 e. The zero-order valence-corrected chi connectivity index (χ0v) is 14.9. The summed E-state index contributed by atoms with van der Waals surface area (Å²) in [5.74, 6) is 0.0524. The van der Waals surface area contributed by atoms with Crippen molar-refractivity contribution >= 4 is 23.2 Å². The molecule has 2 heterocycles. The molecule has 9 heteroatoms. The standard InChI is InChI=1S/C18H13ClN6O2/c1-11-16(17(22-27-11)14-7-2-3-8-15(14)19)18(26)21-12-5-4-6-13(9-12)25-10-20-23-24-25/h2-10H,1H3,(H,21,26). The van der Waals surface area contributed by atoms with E-state index in [1.807, 2.05) is 18.2 Å². The maximum absolute atomic E-state index is 12.9. The molecular weight excluding hydrogens is 368 g/mol. The van der Waals surface area contributed by atoms with E-state index in [0.29, 0.717) is 39.0 Å². The molecule has 0 aliphatic rings. The fourth-order valence-electron chi connectivity index (χ4n) is 2.68. The molecule has 0 saturated heterocycles. The van der Waals surface area contributed by atoms with Crippen LogP contribution in [0.4, 0.5) is 5.69 Å². The number of amides is 1. The van der Waals surface area contributed by atoms with E-state index in [1.165, 1.54) is 11.0 Å². The number of nitrogens with one attached hydrogen (secondary N) is 1. The van der Waals surface area contributed by atoms with E-state index in [2.05, 4.69) is 26.0 Å². The maximum Gasteiger partial charge on any atom is 0.261 e. The van der Waals surface area contributed by atoms with Gasteiger partial charge in [0.1, 0.15) is 23.3 Å². The molecule has 1 N–H and O–H groups in total. The average Bonchev–Trinajstić information content (AvgIpc) is 3.32. The quantitative estimate of drug-likeness (QED) is 0.581. The van der Waals surface area contributed by atoms with E-state index in [9.17, 15) is 4.79 Å². The van der Waals surface area contributed by atoms with Gasteiger partial charge in [0, 0.05) is 11.3 Å². The number of anilines is 1. The molecule has 2 aromatic heterocycles. The first kappa shape index (κ1) is 16.9. The minimum atomic E-state index is -0.350. The Balaban J connectivity index is 1.66. The van der Waals surface area contributed by atoms with Gasteiger partial charge in [0.05, 0.1) is 10.7 Å². The lowest BCUT2D eigenvalue weighted by Crippen LogP contribution is -2.14. The fraction of sp³-hybridized carbons (Fsp3) is 0.0556. The average molecular weight is 381 g/mol. The third-order valence-corrected chi connectivity index (χ3v) is 4.27. The highest BCUT2D eigenvalue weighted by Gasteiger charge is 2.23. The molecule has 0 radical (unpaired) electrons. The van der Waals surface area contributed by atoms with Gasteiger partial charge in [-0.2, -0.15) is 0 Å². The SMILES string of the molecule is Cc1onc(-c2ccccc2Cl)c1C(=O)Nc1cccc(-n2cnnn2)c1. The van der Waals surface area contributed by atoms with Crippen molar-refractivity contribution in [2.45, 2.75) is 6.92 Å². The molecule has 8 nitrogen and oxygen atoms in total. The minimum absolute atomic E-state index is 0.330. The summed E-state index contributed by atoms with van der Waals surface area (Å²) < 4.78 is 6.74. The van der Waals surface area contributed by atoms with Crippen molar-refractivity contribution in [3.63, 3.8) is 0 Å². The molecule has 134 valence electrons. The van der Waals surface area contributed by atoms with Gasteiger partial charge < -0.3 is 9.84 Å². The van der Waals surface area contributed by atoms with Crippen molar-refractivity contribution in [2.75, 3.05) is 5.32 Å². The number of hydrogen-bond donors (Lipinski definition) is 1. The van der Waals surface area contributed by atoms with Gasteiger partial charge in [-0.15, -0.1) is 5.10 Å². The van der Waals surface area contributed by atoms with Crippen LogP contribution in [-0.2, 0) is 0 Å². The van der Waals surface area contributed by atoms with Crippen LogP contribution in [0.5, 0.6) is 0 Å². The van der Waals surface area contributed by atoms with Gasteiger partial charge in [-0.05, 0) is 41.6 Å². The summed E-state index contributed by atoms with van der Waals surface area (Å²) >= 11 is 6.25. The Morgan fingerprint density at radius 2 is 2.04 bits per heavy atom. The lowest BCUT2D eigenvalue weighted by atomic mass is 10.1. The summed E-state index contributed by atoms with van der Waals surface area (Å²) in [6.45, 7) is 1.68. The van der Waals surface area contributed by atoms with E-state index < -0.39 is 0 Å². The number of carbonyl (C=O) groups is 1. The first-order valence-electron chi connectivity index (χ1n) is 7.99. The Kier molecular flexibility index (Phi) is 4.39. The van der Waals surface area contributed by atoms with Crippen LogP contribution in [0.1, 0.15) is 16.1 Å². The lowest BCUT2D eigenvalue weighted by molar-refractivity contribution is 0.102. The molecule has 0 spiro atoms. The van der Waals surface area contributed by atoms with Gasteiger partial charge in [-0.25, -0.2) is 4.68 Å². The second-order valence-electron chi connectivity index (χ2n) is 5.70. The van der Waals surface area contributed by atoms with Gasteiger partial charge in [0.15, 0.2) is 0 Å². The fourth-order valence-corrected chi connectivity index (χ4v) is 2.90. The number of halogens is 1. The van der Waals surface area contributed by atoms with Crippen molar-refractivity contribution in [3.8, 4) is 16.9 Å². The van der Waals surface area contributed by atoms with Crippen molar-refractivity contribution in [2.24, 2.45) is 0 Å². The topological polar surface area (TPSA) is 98.7 Å². The molecule has 0 aliphatic carbocycles. The van der Waals surface area contributed by atoms with Crippen LogP contribution in [0.3, 0.4) is 0 Å². The molecule has 4 aromatic rings. The number of aryl methyl sites for hydroxylation is 1. The molecule has 0 bridgehead atoms. The molecule has 0 atom stereocenters. The molecule has 0 unspecified atom stereocenters. The van der Waals surface area contributed by atoms with Gasteiger partial charge in [0.25, 0.3) is 5.91 Å². The molecular formula is C18H13ClN6O2. The molecule has 1 amide bonds. The van der Waals surface area contributed by atoms with Crippen LogP contribution in [0, 0.1) is 6.92 Å². The van der Waals surface area contributed by atoms with Crippen LogP contribution in [-0.4, -0.2) is 31.3 Å². The molecule has 27 heavy (non-hydrogen) atoms. The predicted octanol–water partition coefficient (Wildman–Crippen LogP) is 3.53. The normalized spacial score (nSPS) is 10.7. The summed E-state index contributed by atoms with van der Waals surface area (Å²) in [5.41, 5.74) is 2.65. The first-order valence-corrected chi connectivity index (χ1v) is 8.37. The third-order valence-electron chi connectivity index (χ3n) is 3.94. The molecule has 0 saturated carbocycles. The summed E-state index contributed by atoms with van der Waals surface area (Å²) in [4.78, 5) is 12.9. The molecule has 0 fully saturated rings. The van der Waals surface area contributed by atoms with Gasteiger partial charge in [0.2, 0.25) is 0 Å². The zero-order chi connectivity index (χ0) is 18.8. The number of hydrogen-bond acceptors (Lipinski definition) is 6. The summed E-state index contributed by atoms with van der Waals surface area (Å²) in [5, 5.41) is 18.4. The van der Waals surface area contributed by atoms with Gasteiger partial charge >= 0.3 is 0 Å². The van der Waals surface area contributed by atoms with Crippen LogP contribution in [0.15, 0.2) is 59.4 Å². The summed E-state index contributed by atoms with van der Waals surface area (Å²) in [7, 11) is 0. The van der Waals surface area contributed by atoms with E-state index in [0.717, 1.165) is 0 Å². The molecule has 2 aromatic carbocycles. The second-order valence-corrected chi connectivity index (χ2v) is 6.11. The molecule has 4 rings (SSSR count). The van der Waals surface area contributed by atoms with Crippen LogP contribution >= 0.6 is 11.6 Å². The summed E-state index contributed by atoms with van der Waals surface area (Å²) in [6, 6.07) is 14.3. The number of benzene rings is 2. The van der Waals surface area contributed by atoms with Crippen LogP contribution in [0.25, 0.3) is 16.9 Å². The number of tetrazole rings is 1. The van der Waals surface area contributed by atoms with E-state index in [-0.39, 0.29) is 5.91 Å². The number of carbonyl (C=O) groups excluding carboxylic acids is 1. The highest BCUT2D eigenvalue weighted by molar-refractivity contribution is 6.33. The van der Waals surface area contributed by atoms with Crippen molar-refractivity contribution in [1.29, 1.82) is 0 Å². The van der Waals surface area contributed by atoms with E-state index in [4.69, 9.17) is 16.1 Å². The monoisotopic (exact) mass is 380 g/mol. The Hall–Kier alpha value is -3.52. The first-order chi connectivity index (χ1) is 13.1. The number of nitrogens with zero attached hydrogens (tertiary/aromatic N) is 5. The number of rotatable bonds is 4. The van der Waals surface area contributed by atoms with E-state index in [1.54, 1.807) is 37.3 Å². The zero-order valence-electron chi connectivity index (χ0n) is 14.1. The maximum atomic E-state index is 12.9. The third kappa shape index (κ3) is 3.30. The van der Waals surface area contributed by atoms with Crippen molar-refractivity contribution in [3.05, 3.63) is 71.2 Å². The van der Waals surface area contributed by atoms with Crippen LogP contribution in [0.2, 0.25) is 5.02 Å². The Labute approximate surface area is 158 Å². The minimum Gasteiger partial charge on any atom is -0.360 e. The highest BCUT2D eigenvalue weighted by Crippen LogP contribution is 2.31. The highest BCUT2D eigenvalue weighted by atomic mass is 35.5. The van der Waals surface area contributed by atoms with Gasteiger partial charge in [-0.3, -0.25) is 4.79 Å². The van der Waals surface area contributed by atoms with Gasteiger partial charge in [-0.1, -0.05) is 41.0 Å². The Bertz CT molecular complexity index is 1110. The largest absolute Gasteiger partial charge is 0.360 e. The van der Waals surface area contributed by atoms with Crippen LogP contribution < -0.4 is 5.32 Å². The molecule has 0 aliphatic heterocycles. The number of aromatic nitrogens is 5. The van der Waals surface area contributed by atoms with Crippen molar-refractivity contribution in [1.82, 2.24) is 25.4 Å².